The van der Waals surface area contributed by atoms with Crippen LogP contribution in [0.25, 0.3) is 0 Å². The van der Waals surface area contributed by atoms with E-state index in [9.17, 15) is 23.2 Å². The number of alkyl halides is 2. The molecule has 3 amide bonds. The average molecular weight is 370 g/mol. The largest absolute Gasteiger partial charge is 0.452 e. The third-order valence-electron chi connectivity index (χ3n) is 3.84. The summed E-state index contributed by atoms with van der Waals surface area (Å²) in [5.74, 6) is -1.69. The van der Waals surface area contributed by atoms with E-state index in [0.29, 0.717) is 0 Å². The second kappa shape index (κ2) is 9.69. The van der Waals surface area contributed by atoms with Crippen LogP contribution in [0.1, 0.15) is 42.5 Å². The van der Waals surface area contributed by atoms with Gasteiger partial charge in [-0.2, -0.15) is 8.78 Å². The Morgan fingerprint density at radius 2 is 1.73 bits per heavy atom. The first-order valence-electron chi connectivity index (χ1n) is 8.26. The van der Waals surface area contributed by atoms with Crippen molar-refractivity contribution in [3.8, 4) is 5.75 Å². The van der Waals surface area contributed by atoms with E-state index in [0.717, 1.165) is 32.1 Å². The lowest BCUT2D eigenvalue weighted by Gasteiger charge is -2.22. The number of rotatable bonds is 6. The summed E-state index contributed by atoms with van der Waals surface area (Å²) in [6.45, 7) is -3.59. The highest BCUT2D eigenvalue weighted by Crippen LogP contribution is 2.17. The Hall–Kier alpha value is -2.71. The van der Waals surface area contributed by atoms with Crippen molar-refractivity contribution in [2.24, 2.45) is 0 Å². The minimum Gasteiger partial charge on any atom is -0.452 e. The predicted molar refractivity (Wildman–Crippen MR) is 86.9 cm³/mol. The monoisotopic (exact) mass is 370 g/mol. The number of esters is 1. The number of benzene rings is 1. The number of urea groups is 1. The van der Waals surface area contributed by atoms with E-state index >= 15 is 0 Å². The van der Waals surface area contributed by atoms with E-state index in [4.69, 9.17) is 4.74 Å². The highest BCUT2D eigenvalue weighted by atomic mass is 19.3. The van der Waals surface area contributed by atoms with Crippen molar-refractivity contribution in [2.45, 2.75) is 44.8 Å². The zero-order chi connectivity index (χ0) is 18.9. The summed E-state index contributed by atoms with van der Waals surface area (Å²) in [7, 11) is 0. The number of carbonyl (C=O) groups is 3. The molecular formula is C17H20F2N2O5. The molecule has 7 nitrogen and oxygen atoms in total. The van der Waals surface area contributed by atoms with Crippen LogP contribution in [0.3, 0.4) is 0 Å². The first-order chi connectivity index (χ1) is 12.4. The van der Waals surface area contributed by atoms with Gasteiger partial charge >= 0.3 is 18.6 Å². The second-order valence-corrected chi connectivity index (χ2v) is 5.84. The van der Waals surface area contributed by atoms with Gasteiger partial charge in [0.1, 0.15) is 5.75 Å². The number of imide groups is 1. The first-order valence-corrected chi connectivity index (χ1v) is 8.26. The Labute approximate surface area is 149 Å². The van der Waals surface area contributed by atoms with Gasteiger partial charge in [0.2, 0.25) is 0 Å². The van der Waals surface area contributed by atoms with Gasteiger partial charge in [0.05, 0.1) is 5.56 Å². The second-order valence-electron chi connectivity index (χ2n) is 5.84. The fourth-order valence-corrected chi connectivity index (χ4v) is 2.62. The van der Waals surface area contributed by atoms with E-state index < -0.39 is 31.1 Å². The molecule has 0 bridgehead atoms. The van der Waals surface area contributed by atoms with Gasteiger partial charge in [-0.1, -0.05) is 19.3 Å². The Kier molecular flexibility index (Phi) is 7.31. The van der Waals surface area contributed by atoms with Crippen LogP contribution in [0.5, 0.6) is 5.75 Å². The molecule has 0 aromatic heterocycles. The van der Waals surface area contributed by atoms with Crippen molar-refractivity contribution >= 4 is 17.9 Å². The van der Waals surface area contributed by atoms with Crippen molar-refractivity contribution in [2.75, 3.05) is 6.61 Å². The lowest BCUT2D eigenvalue weighted by Crippen LogP contribution is -2.46. The van der Waals surface area contributed by atoms with Gasteiger partial charge in [0.15, 0.2) is 6.61 Å². The Balaban J connectivity index is 1.72. The number of hydrogen-bond acceptors (Lipinski definition) is 5. The number of hydrogen-bond donors (Lipinski definition) is 2. The van der Waals surface area contributed by atoms with Crippen LogP contribution in [0, 0.1) is 0 Å². The minimum atomic E-state index is -2.96. The summed E-state index contributed by atoms with van der Waals surface area (Å²) in [5.41, 5.74) is 0.0612. The molecule has 0 saturated heterocycles. The first kappa shape index (κ1) is 19.6. The smallest absolute Gasteiger partial charge is 0.387 e. The molecule has 1 aliphatic rings. The molecule has 0 aliphatic heterocycles. The zero-order valence-corrected chi connectivity index (χ0v) is 14.0. The predicted octanol–water partition coefficient (Wildman–Crippen LogP) is 2.60. The van der Waals surface area contributed by atoms with Crippen molar-refractivity contribution in [1.29, 1.82) is 0 Å². The summed E-state index contributed by atoms with van der Waals surface area (Å²) in [6.07, 6.45) is 4.98. The number of halogens is 2. The maximum absolute atomic E-state index is 12.1. The molecule has 142 valence electrons. The highest BCUT2D eigenvalue weighted by Gasteiger charge is 2.18. The van der Waals surface area contributed by atoms with Crippen LogP contribution in [0.4, 0.5) is 13.6 Å². The molecule has 0 radical (unpaired) electrons. The molecule has 1 saturated carbocycles. The highest BCUT2D eigenvalue weighted by molar-refractivity contribution is 5.97. The fourth-order valence-electron chi connectivity index (χ4n) is 2.62. The third-order valence-corrected chi connectivity index (χ3v) is 3.84. The van der Waals surface area contributed by atoms with E-state index in [1.807, 2.05) is 0 Å². The standard InChI is InChI=1S/C17H20F2N2O5/c18-16(19)26-13-8-6-11(7-9-13)15(23)25-10-14(22)21-17(24)20-12-4-2-1-3-5-12/h6-9,12,16H,1-5,10H2,(H2,20,21,22,24). The van der Waals surface area contributed by atoms with Crippen LogP contribution in [0.15, 0.2) is 24.3 Å². The van der Waals surface area contributed by atoms with E-state index in [-0.39, 0.29) is 17.4 Å². The third kappa shape index (κ3) is 6.66. The van der Waals surface area contributed by atoms with Gasteiger partial charge in [0, 0.05) is 6.04 Å². The molecule has 26 heavy (non-hydrogen) atoms. The molecule has 2 rings (SSSR count). The van der Waals surface area contributed by atoms with Crippen molar-refractivity contribution in [3.63, 3.8) is 0 Å². The van der Waals surface area contributed by atoms with E-state index in [1.165, 1.54) is 24.3 Å². The van der Waals surface area contributed by atoms with Gasteiger partial charge in [0.25, 0.3) is 5.91 Å². The summed E-state index contributed by atoms with van der Waals surface area (Å²) in [5, 5.41) is 4.80. The van der Waals surface area contributed by atoms with Gasteiger partial charge in [-0.15, -0.1) is 0 Å². The van der Waals surface area contributed by atoms with Crippen molar-refractivity contribution < 1.29 is 32.6 Å². The molecule has 9 heteroatoms. The number of amides is 3. The molecule has 0 unspecified atom stereocenters. The number of ether oxygens (including phenoxy) is 2. The van der Waals surface area contributed by atoms with Gasteiger partial charge in [-0.05, 0) is 37.1 Å². The van der Waals surface area contributed by atoms with Crippen LogP contribution in [-0.4, -0.2) is 37.2 Å². The number of nitrogens with one attached hydrogen (secondary N) is 2. The van der Waals surface area contributed by atoms with Gasteiger partial charge in [-0.3, -0.25) is 10.1 Å². The van der Waals surface area contributed by atoms with E-state index in [2.05, 4.69) is 15.4 Å². The molecular weight excluding hydrogens is 350 g/mol. The zero-order valence-electron chi connectivity index (χ0n) is 14.0. The fraction of sp³-hybridized carbons (Fsp3) is 0.471. The molecule has 1 aromatic rings. The molecule has 1 aliphatic carbocycles. The molecule has 2 N–H and O–H groups in total. The van der Waals surface area contributed by atoms with Gasteiger partial charge < -0.3 is 14.8 Å². The molecule has 1 fully saturated rings. The summed E-state index contributed by atoms with van der Waals surface area (Å²) in [6, 6.07) is 4.25. The summed E-state index contributed by atoms with van der Waals surface area (Å²) >= 11 is 0. The molecule has 0 spiro atoms. The topological polar surface area (TPSA) is 93.7 Å². The van der Waals surface area contributed by atoms with Crippen LogP contribution >= 0.6 is 0 Å². The lowest BCUT2D eigenvalue weighted by atomic mass is 9.96. The molecule has 1 aromatic carbocycles. The quantitative estimate of drug-likeness (QED) is 0.751. The lowest BCUT2D eigenvalue weighted by molar-refractivity contribution is -0.123. The van der Waals surface area contributed by atoms with Crippen LogP contribution < -0.4 is 15.4 Å². The van der Waals surface area contributed by atoms with Crippen molar-refractivity contribution in [1.82, 2.24) is 10.6 Å². The maximum atomic E-state index is 12.1. The summed E-state index contributed by atoms with van der Waals surface area (Å²) in [4.78, 5) is 35.2. The number of carbonyl (C=O) groups excluding carboxylic acids is 3. The van der Waals surface area contributed by atoms with E-state index in [1.54, 1.807) is 0 Å². The molecule has 0 heterocycles. The maximum Gasteiger partial charge on any atom is 0.387 e. The summed E-state index contributed by atoms with van der Waals surface area (Å²) < 4.78 is 33.0. The normalized spacial score (nSPS) is 14.6. The van der Waals surface area contributed by atoms with Crippen LogP contribution in [0.2, 0.25) is 0 Å². The van der Waals surface area contributed by atoms with Gasteiger partial charge in [-0.25, -0.2) is 9.59 Å². The minimum absolute atomic E-state index is 0.0491. The Morgan fingerprint density at radius 1 is 1.08 bits per heavy atom. The Morgan fingerprint density at radius 3 is 2.35 bits per heavy atom. The molecule has 0 atom stereocenters. The average Bonchev–Trinajstić information content (AvgIpc) is 2.60. The SMILES string of the molecule is O=C(COC(=O)c1ccc(OC(F)F)cc1)NC(=O)NC1CCCCC1. The van der Waals surface area contributed by atoms with Crippen LogP contribution in [-0.2, 0) is 9.53 Å². The van der Waals surface area contributed by atoms with Crippen molar-refractivity contribution in [3.05, 3.63) is 29.8 Å². The Bertz CT molecular complexity index is 631.